The molecule has 4 aromatic carbocycles. The van der Waals surface area contributed by atoms with E-state index in [4.69, 9.17) is 20.8 Å². The van der Waals surface area contributed by atoms with Crippen LogP contribution in [0.4, 0.5) is 5.69 Å². The quantitative estimate of drug-likeness (QED) is 0.0993. The molecular formula is C31H20BrClN4O5. The zero-order valence-corrected chi connectivity index (χ0v) is 24.3. The van der Waals surface area contributed by atoms with Crippen molar-refractivity contribution in [1.29, 1.82) is 0 Å². The molecule has 0 bridgehead atoms. The van der Waals surface area contributed by atoms with Crippen LogP contribution >= 0.6 is 27.5 Å². The lowest BCUT2D eigenvalue weighted by Crippen LogP contribution is -2.20. The first kappa shape index (κ1) is 27.4. The lowest BCUT2D eigenvalue weighted by molar-refractivity contribution is -0.385. The number of fused-ring (bicyclic) bond motifs is 2. The van der Waals surface area contributed by atoms with Gasteiger partial charge in [-0.1, -0.05) is 69.5 Å². The third kappa shape index (κ3) is 5.41. The Bertz CT molecular complexity index is 2090. The third-order valence-electron chi connectivity index (χ3n) is 6.52. The molecule has 9 nitrogen and oxygen atoms in total. The van der Waals surface area contributed by atoms with Crippen LogP contribution < -0.4 is 10.3 Å². The number of hydrogen-bond acceptors (Lipinski definition) is 7. The maximum atomic E-state index is 13.6. The van der Waals surface area contributed by atoms with Gasteiger partial charge in [-0.25, -0.2) is 4.98 Å². The summed E-state index contributed by atoms with van der Waals surface area (Å²) in [5.41, 5.74) is 2.52. The largest absolute Gasteiger partial charge is 0.481 e. The molecule has 0 aliphatic carbocycles. The first-order valence-corrected chi connectivity index (χ1v) is 13.9. The molecule has 0 aliphatic heterocycles. The highest BCUT2D eigenvalue weighted by Gasteiger charge is 2.21. The van der Waals surface area contributed by atoms with E-state index in [0.717, 1.165) is 25.7 Å². The van der Waals surface area contributed by atoms with Crippen LogP contribution in [0.5, 0.6) is 5.75 Å². The van der Waals surface area contributed by atoms with Crippen LogP contribution in [0.3, 0.4) is 0 Å². The Labute approximate surface area is 251 Å². The zero-order chi connectivity index (χ0) is 29.4. The molecule has 0 spiro atoms. The molecule has 0 N–H and O–H groups in total. The van der Waals surface area contributed by atoms with Gasteiger partial charge in [-0.2, -0.15) is 9.78 Å². The number of nitro benzene ring substituents is 1. The fraction of sp³-hybridized carbons (Fsp3) is 0.0645. The van der Waals surface area contributed by atoms with Crippen molar-refractivity contribution in [3.05, 3.63) is 132 Å². The van der Waals surface area contributed by atoms with Gasteiger partial charge in [0, 0.05) is 21.5 Å². The maximum Gasteiger partial charge on any atom is 0.313 e. The van der Waals surface area contributed by atoms with Gasteiger partial charge in [-0.15, -0.1) is 0 Å². The number of nitrogens with zero attached hydrogens (tertiary/aromatic N) is 4. The van der Waals surface area contributed by atoms with Crippen molar-refractivity contribution in [1.82, 2.24) is 9.66 Å². The number of furan rings is 1. The van der Waals surface area contributed by atoms with Crippen LogP contribution in [0.1, 0.15) is 16.7 Å². The molecule has 208 valence electrons. The highest BCUT2D eigenvalue weighted by molar-refractivity contribution is 9.10. The smallest absolute Gasteiger partial charge is 0.313 e. The Morgan fingerprint density at radius 2 is 1.88 bits per heavy atom. The predicted molar refractivity (Wildman–Crippen MR) is 166 cm³/mol. The highest BCUT2D eigenvalue weighted by atomic mass is 79.9. The summed E-state index contributed by atoms with van der Waals surface area (Å²) in [6.07, 6.45) is 1.31. The predicted octanol–water partition coefficient (Wildman–Crippen LogP) is 7.90. The van der Waals surface area contributed by atoms with E-state index in [0.29, 0.717) is 22.2 Å². The molecular weight excluding hydrogens is 624 g/mol. The Morgan fingerprint density at radius 1 is 1.10 bits per heavy atom. The zero-order valence-electron chi connectivity index (χ0n) is 22.0. The molecule has 6 aromatic rings. The Balaban J connectivity index is 1.41. The lowest BCUT2D eigenvalue weighted by atomic mass is 10.1. The first-order chi connectivity index (χ1) is 20.3. The van der Waals surface area contributed by atoms with Crippen LogP contribution in [0.15, 0.2) is 104 Å². The fourth-order valence-corrected chi connectivity index (χ4v) is 5.09. The van der Waals surface area contributed by atoms with Gasteiger partial charge in [0.15, 0.2) is 5.76 Å². The summed E-state index contributed by atoms with van der Waals surface area (Å²) in [6.45, 7) is 2.07. The molecule has 0 amide bonds. The summed E-state index contributed by atoms with van der Waals surface area (Å²) in [5.74, 6) is 0.436. The van der Waals surface area contributed by atoms with E-state index in [-0.39, 0.29) is 34.5 Å². The molecule has 2 heterocycles. The number of aromatic nitrogens is 2. The highest BCUT2D eigenvalue weighted by Crippen LogP contribution is 2.36. The number of benzene rings is 4. The van der Waals surface area contributed by atoms with Gasteiger partial charge in [-0.3, -0.25) is 14.9 Å². The summed E-state index contributed by atoms with van der Waals surface area (Å²) in [7, 11) is 0. The average Bonchev–Trinajstić information content (AvgIpc) is 3.39. The van der Waals surface area contributed by atoms with E-state index < -0.39 is 10.5 Å². The molecule has 0 aliphatic rings. The summed E-state index contributed by atoms with van der Waals surface area (Å²) < 4.78 is 13.7. The minimum absolute atomic E-state index is 0.0322. The van der Waals surface area contributed by atoms with Gasteiger partial charge in [-0.05, 0) is 55.0 Å². The number of ether oxygens (including phenoxy) is 1. The molecule has 2 aromatic heterocycles. The van der Waals surface area contributed by atoms with E-state index in [1.807, 2.05) is 43.3 Å². The molecule has 0 radical (unpaired) electrons. The van der Waals surface area contributed by atoms with Gasteiger partial charge >= 0.3 is 5.69 Å². The Kier molecular flexibility index (Phi) is 7.32. The van der Waals surface area contributed by atoms with Crippen molar-refractivity contribution in [3.8, 4) is 17.3 Å². The topological polar surface area (TPSA) is 113 Å². The number of rotatable bonds is 7. The SMILES string of the molecule is Cc1ccc(COc2c(Cl)cc(C=Nn3c(-c4cc5cc(Br)ccc5o4)nc4ccccc4c3=O)cc2[N+](=O)[O-])cc1. The molecule has 0 fully saturated rings. The number of aryl methyl sites for hydroxylation is 1. The summed E-state index contributed by atoms with van der Waals surface area (Å²) in [5, 5.41) is 17.5. The van der Waals surface area contributed by atoms with Crippen molar-refractivity contribution in [3.63, 3.8) is 0 Å². The maximum absolute atomic E-state index is 13.6. The normalized spacial score (nSPS) is 11.5. The standard InChI is InChI=1S/C31H20BrClN4O5/c1-18-6-8-19(9-7-18)17-41-29-24(33)12-20(13-26(29)37(39)40)16-34-36-30(35-25-5-3-2-4-23(25)31(36)38)28-15-21-14-22(32)10-11-27(21)42-28/h2-16H,17H2,1H3. The minimum atomic E-state index is -0.574. The second kappa shape index (κ2) is 11.2. The average molecular weight is 644 g/mol. The van der Waals surface area contributed by atoms with Gasteiger partial charge < -0.3 is 9.15 Å². The second-order valence-electron chi connectivity index (χ2n) is 9.49. The third-order valence-corrected chi connectivity index (χ3v) is 7.30. The monoisotopic (exact) mass is 642 g/mol. The molecule has 0 saturated heterocycles. The molecule has 0 atom stereocenters. The van der Waals surface area contributed by atoms with Gasteiger partial charge in [0.25, 0.3) is 5.56 Å². The first-order valence-electron chi connectivity index (χ1n) is 12.7. The van der Waals surface area contributed by atoms with Crippen molar-refractivity contribution < 1.29 is 14.1 Å². The van der Waals surface area contributed by atoms with Crippen molar-refractivity contribution in [2.75, 3.05) is 0 Å². The molecule has 6 rings (SSSR count). The van der Waals surface area contributed by atoms with Gasteiger partial charge in [0.2, 0.25) is 11.6 Å². The molecule has 11 heteroatoms. The number of hydrogen-bond donors (Lipinski definition) is 0. The van der Waals surface area contributed by atoms with E-state index in [9.17, 15) is 14.9 Å². The molecule has 0 saturated carbocycles. The van der Waals surface area contributed by atoms with Crippen molar-refractivity contribution in [2.24, 2.45) is 5.10 Å². The van der Waals surface area contributed by atoms with E-state index >= 15 is 0 Å². The van der Waals surface area contributed by atoms with Gasteiger partial charge in [0.1, 0.15) is 12.2 Å². The minimum Gasteiger partial charge on any atom is -0.481 e. The van der Waals surface area contributed by atoms with Gasteiger partial charge in [0.05, 0.1) is 27.1 Å². The summed E-state index contributed by atoms with van der Waals surface area (Å²) >= 11 is 9.91. The van der Waals surface area contributed by atoms with Crippen LogP contribution in [0, 0.1) is 17.0 Å². The molecule has 42 heavy (non-hydrogen) atoms. The number of nitro groups is 1. The second-order valence-corrected chi connectivity index (χ2v) is 10.8. The lowest BCUT2D eigenvalue weighted by Gasteiger charge is -2.10. The molecule has 0 unspecified atom stereocenters. The summed E-state index contributed by atoms with van der Waals surface area (Å²) in [6, 6.07) is 24.6. The fourth-order valence-electron chi connectivity index (χ4n) is 4.43. The number of halogens is 2. The Hall–Kier alpha value is -4.80. The van der Waals surface area contributed by atoms with Crippen LogP contribution in [-0.2, 0) is 6.61 Å². The van der Waals surface area contributed by atoms with E-state index in [2.05, 4.69) is 26.0 Å². The van der Waals surface area contributed by atoms with Crippen LogP contribution in [-0.4, -0.2) is 20.8 Å². The van der Waals surface area contributed by atoms with E-state index in [1.54, 1.807) is 36.4 Å². The number of para-hydroxylation sites is 1. The van der Waals surface area contributed by atoms with Crippen LogP contribution in [0.25, 0.3) is 33.5 Å². The van der Waals surface area contributed by atoms with Crippen molar-refractivity contribution >= 4 is 61.3 Å². The Morgan fingerprint density at radius 3 is 2.67 bits per heavy atom. The van der Waals surface area contributed by atoms with Crippen molar-refractivity contribution in [2.45, 2.75) is 13.5 Å². The summed E-state index contributed by atoms with van der Waals surface area (Å²) in [4.78, 5) is 29.6. The van der Waals surface area contributed by atoms with E-state index in [1.165, 1.54) is 18.3 Å². The van der Waals surface area contributed by atoms with Crippen LogP contribution in [0.2, 0.25) is 5.02 Å².